The summed E-state index contributed by atoms with van der Waals surface area (Å²) in [5.41, 5.74) is 1.16. The number of rotatable bonds is 9. The zero-order chi connectivity index (χ0) is 33.9. The van der Waals surface area contributed by atoms with Gasteiger partial charge in [0.1, 0.15) is 5.75 Å². The first-order chi connectivity index (χ1) is 21.8. The van der Waals surface area contributed by atoms with Crippen LogP contribution < -0.4 is 10.1 Å². The summed E-state index contributed by atoms with van der Waals surface area (Å²) < 4.78 is 50.4. The van der Waals surface area contributed by atoms with Gasteiger partial charge in [0.05, 0.1) is 43.3 Å². The largest absolute Gasteiger partial charge is 0.490 e. The first-order valence-electron chi connectivity index (χ1n) is 15.8. The average molecular weight is 650 g/mol. The number of nitrogens with one attached hydrogen (secondary N) is 1. The van der Waals surface area contributed by atoms with Gasteiger partial charge in [-0.1, -0.05) is 37.3 Å². The molecule has 2 aromatic carbocycles. The molecule has 3 amide bonds. The zero-order valence-electron chi connectivity index (χ0n) is 27.0. The number of alkyl halides is 3. The monoisotopic (exact) mass is 649 g/mol. The second-order valence-corrected chi connectivity index (χ2v) is 12.1. The van der Waals surface area contributed by atoms with Crippen LogP contribution in [0.1, 0.15) is 68.8 Å². The lowest BCUT2D eigenvalue weighted by Gasteiger charge is -2.36. The quantitative estimate of drug-likeness (QED) is 0.374. The summed E-state index contributed by atoms with van der Waals surface area (Å²) in [7, 11) is 1.73. The second kappa shape index (κ2) is 17.3. The third-order valence-corrected chi connectivity index (χ3v) is 8.05. The number of carbonyl (C=O) groups excluding carboxylic acids is 3. The van der Waals surface area contributed by atoms with E-state index >= 15 is 0 Å². The Kier molecular flexibility index (Phi) is 13.9. The van der Waals surface area contributed by atoms with Crippen LogP contribution in [0, 0.1) is 5.92 Å². The van der Waals surface area contributed by atoms with Crippen molar-refractivity contribution in [2.45, 2.75) is 83.7 Å². The Morgan fingerprint density at radius 1 is 1.13 bits per heavy atom. The van der Waals surface area contributed by atoms with Gasteiger partial charge in [0, 0.05) is 44.8 Å². The van der Waals surface area contributed by atoms with Crippen molar-refractivity contribution in [2.24, 2.45) is 5.92 Å². The molecule has 46 heavy (non-hydrogen) atoms. The number of halogens is 3. The first-order valence-corrected chi connectivity index (χ1v) is 15.8. The lowest BCUT2D eigenvalue weighted by Crippen LogP contribution is -2.48. The molecule has 9 nitrogen and oxygen atoms in total. The zero-order valence-corrected chi connectivity index (χ0v) is 27.0. The second-order valence-electron chi connectivity index (χ2n) is 12.1. The first kappa shape index (κ1) is 36.8. The third-order valence-electron chi connectivity index (χ3n) is 8.05. The molecular formula is C34H46F3N3O6. The predicted molar refractivity (Wildman–Crippen MR) is 169 cm³/mol. The highest BCUT2D eigenvalue weighted by Crippen LogP contribution is 2.29. The summed E-state index contributed by atoms with van der Waals surface area (Å²) in [5, 5.41) is 12.6. The highest BCUT2D eigenvalue weighted by Gasteiger charge is 2.31. The molecule has 1 aliphatic rings. The van der Waals surface area contributed by atoms with Crippen LogP contribution in [0.3, 0.4) is 0 Å². The molecule has 0 saturated carbocycles. The molecule has 1 aliphatic heterocycles. The van der Waals surface area contributed by atoms with E-state index in [-0.39, 0.29) is 54.5 Å². The van der Waals surface area contributed by atoms with Crippen molar-refractivity contribution in [3.05, 3.63) is 59.7 Å². The summed E-state index contributed by atoms with van der Waals surface area (Å²) in [6.45, 7) is 6.09. The molecule has 0 saturated heterocycles. The maximum Gasteiger partial charge on any atom is 0.389 e. The summed E-state index contributed by atoms with van der Waals surface area (Å²) >= 11 is 0. The van der Waals surface area contributed by atoms with E-state index in [1.54, 1.807) is 18.9 Å². The van der Waals surface area contributed by atoms with E-state index in [2.05, 4.69) is 5.32 Å². The Morgan fingerprint density at radius 3 is 2.52 bits per heavy atom. The van der Waals surface area contributed by atoms with Gasteiger partial charge in [0.25, 0.3) is 5.91 Å². The minimum absolute atomic E-state index is 0.0669. The molecule has 254 valence electrons. The fourth-order valence-electron chi connectivity index (χ4n) is 5.22. The topological polar surface area (TPSA) is 108 Å². The number of ether oxygens (including phenoxy) is 2. The van der Waals surface area contributed by atoms with Crippen molar-refractivity contribution in [1.82, 2.24) is 9.80 Å². The molecule has 4 atom stereocenters. The van der Waals surface area contributed by atoms with Gasteiger partial charge in [-0.15, -0.1) is 0 Å². The van der Waals surface area contributed by atoms with Gasteiger partial charge >= 0.3 is 6.18 Å². The van der Waals surface area contributed by atoms with Gasteiger partial charge in [0.15, 0.2) is 0 Å². The number of aliphatic hydroxyl groups excluding tert-OH is 1. The molecular weight excluding hydrogens is 603 g/mol. The predicted octanol–water partition coefficient (Wildman–Crippen LogP) is 5.46. The van der Waals surface area contributed by atoms with E-state index in [0.717, 1.165) is 18.4 Å². The molecule has 0 unspecified atom stereocenters. The number of hydrogen-bond donors (Lipinski definition) is 2. The van der Waals surface area contributed by atoms with Crippen molar-refractivity contribution in [2.75, 3.05) is 38.7 Å². The van der Waals surface area contributed by atoms with E-state index in [9.17, 15) is 32.7 Å². The van der Waals surface area contributed by atoms with Crippen LogP contribution in [0.15, 0.2) is 48.5 Å². The van der Waals surface area contributed by atoms with Crippen molar-refractivity contribution in [3.8, 4) is 5.75 Å². The SMILES string of the molecule is C[C@H]1CCCCO[C@@H](CN(C)C(=O)Cc2ccccc2)[C@@H](C)CN([C@@H](C)CO)C(=O)c2cc(NC(=O)CCC(F)(F)F)ccc2O1. The minimum Gasteiger partial charge on any atom is -0.490 e. The number of amides is 3. The number of anilines is 1. The summed E-state index contributed by atoms with van der Waals surface area (Å²) in [4.78, 5) is 42.6. The molecule has 2 N–H and O–H groups in total. The third kappa shape index (κ3) is 11.6. The molecule has 0 aliphatic carbocycles. The van der Waals surface area contributed by atoms with Gasteiger partial charge < -0.3 is 29.7 Å². The number of hydrogen-bond acceptors (Lipinski definition) is 6. The summed E-state index contributed by atoms with van der Waals surface area (Å²) in [6.07, 6.45) is -4.73. The highest BCUT2D eigenvalue weighted by atomic mass is 19.4. The normalized spacial score (nSPS) is 20.6. The molecule has 0 radical (unpaired) electrons. The van der Waals surface area contributed by atoms with E-state index in [1.165, 1.54) is 23.1 Å². The fourth-order valence-corrected chi connectivity index (χ4v) is 5.22. The minimum atomic E-state index is -4.47. The molecule has 1 heterocycles. The molecule has 12 heteroatoms. The molecule has 3 rings (SSSR count). The van der Waals surface area contributed by atoms with Crippen molar-refractivity contribution in [1.29, 1.82) is 0 Å². The van der Waals surface area contributed by atoms with Gasteiger partial charge in [0.2, 0.25) is 11.8 Å². The van der Waals surface area contributed by atoms with Crippen LogP contribution in [-0.4, -0.2) is 90.4 Å². The lowest BCUT2D eigenvalue weighted by molar-refractivity contribution is -0.142. The van der Waals surface area contributed by atoms with Gasteiger partial charge in [-0.3, -0.25) is 14.4 Å². The van der Waals surface area contributed by atoms with Crippen LogP contribution in [0.5, 0.6) is 5.75 Å². The fraction of sp³-hybridized carbons (Fsp3) is 0.559. The van der Waals surface area contributed by atoms with Gasteiger partial charge in [-0.25, -0.2) is 0 Å². The molecule has 2 aromatic rings. The smallest absolute Gasteiger partial charge is 0.389 e. The van der Waals surface area contributed by atoms with E-state index in [4.69, 9.17) is 9.47 Å². The summed E-state index contributed by atoms with van der Waals surface area (Å²) in [5.74, 6) is -1.37. The van der Waals surface area contributed by atoms with Crippen LogP contribution in [0.2, 0.25) is 0 Å². The van der Waals surface area contributed by atoms with E-state index in [1.807, 2.05) is 44.2 Å². The number of carbonyl (C=O) groups is 3. The molecule has 0 aromatic heterocycles. The summed E-state index contributed by atoms with van der Waals surface area (Å²) in [6, 6.07) is 13.2. The van der Waals surface area contributed by atoms with Crippen LogP contribution in [0.25, 0.3) is 0 Å². The number of likely N-dealkylation sites (N-methyl/N-ethyl adjacent to an activating group) is 1. The average Bonchev–Trinajstić information content (AvgIpc) is 3.01. The maximum absolute atomic E-state index is 14.2. The standard InChI is InChI=1S/C34H46F3N3O6/c1-23-20-40(24(2)22-41)33(44)28-19-27(38-31(42)15-16-34(35,36)37)13-14-29(28)46-25(3)10-8-9-17-45-30(23)21-39(4)32(43)18-26-11-6-5-7-12-26/h5-7,11-14,19,23-25,30,41H,8-10,15-18,20-22H2,1-4H3,(H,38,42)/t23-,24-,25-,30-/m0/s1. The lowest BCUT2D eigenvalue weighted by atomic mass is 10.0. The van der Waals surface area contributed by atoms with Crippen LogP contribution in [0.4, 0.5) is 18.9 Å². The van der Waals surface area contributed by atoms with Crippen molar-refractivity contribution < 1.29 is 42.1 Å². The number of fused-ring (bicyclic) bond motifs is 1. The Balaban J connectivity index is 1.88. The van der Waals surface area contributed by atoms with E-state index < -0.39 is 43.0 Å². The van der Waals surface area contributed by atoms with Crippen LogP contribution in [-0.2, 0) is 20.7 Å². The van der Waals surface area contributed by atoms with Gasteiger partial charge in [-0.05, 0) is 56.9 Å². The highest BCUT2D eigenvalue weighted by molar-refractivity contribution is 5.99. The van der Waals surface area contributed by atoms with Gasteiger partial charge in [-0.2, -0.15) is 13.2 Å². The van der Waals surface area contributed by atoms with Crippen molar-refractivity contribution in [3.63, 3.8) is 0 Å². The number of aliphatic hydroxyl groups is 1. The molecule has 0 bridgehead atoms. The number of nitrogens with zero attached hydrogens (tertiary/aromatic N) is 2. The Labute approximate surface area is 269 Å². The maximum atomic E-state index is 14.2. The Hall–Kier alpha value is -3.64. The Bertz CT molecular complexity index is 1290. The Morgan fingerprint density at radius 2 is 1.85 bits per heavy atom. The molecule has 0 spiro atoms. The number of benzene rings is 2. The van der Waals surface area contributed by atoms with E-state index in [0.29, 0.717) is 19.6 Å². The molecule has 0 fully saturated rings. The van der Waals surface area contributed by atoms with Crippen LogP contribution >= 0.6 is 0 Å². The van der Waals surface area contributed by atoms with Crippen molar-refractivity contribution >= 4 is 23.4 Å².